The Bertz CT molecular complexity index is 1140. The summed E-state index contributed by atoms with van der Waals surface area (Å²) in [5, 5.41) is 3.20. The first-order valence-corrected chi connectivity index (χ1v) is 11.0. The van der Waals surface area contributed by atoms with Crippen LogP contribution < -0.4 is 14.4 Å². The highest BCUT2D eigenvalue weighted by atomic mass is 35.5. The summed E-state index contributed by atoms with van der Waals surface area (Å²) < 4.78 is 32.0. The number of carbonyl (C=O) groups is 1. The first-order chi connectivity index (χ1) is 14.3. The fraction of sp³-hybridized carbons (Fsp3) is 0.0952. The van der Waals surface area contributed by atoms with Gasteiger partial charge in [-0.3, -0.25) is 9.10 Å². The van der Waals surface area contributed by atoms with Crippen LogP contribution in [0.25, 0.3) is 0 Å². The largest absolute Gasteiger partial charge is 0.484 e. The zero-order valence-corrected chi connectivity index (χ0v) is 18.2. The summed E-state index contributed by atoms with van der Waals surface area (Å²) in [5.74, 6) is 0.00335. The molecule has 0 aliphatic heterocycles. The highest BCUT2D eigenvalue weighted by Crippen LogP contribution is 2.29. The van der Waals surface area contributed by atoms with E-state index < -0.39 is 15.9 Å². The fourth-order valence-electron chi connectivity index (χ4n) is 2.58. The third-order valence-corrected chi connectivity index (χ3v) is 6.82. The second kappa shape index (κ2) is 9.38. The summed E-state index contributed by atoms with van der Waals surface area (Å²) >= 11 is 12.0. The molecule has 6 nitrogen and oxygen atoms in total. The first-order valence-electron chi connectivity index (χ1n) is 8.80. The average molecular weight is 465 g/mol. The van der Waals surface area contributed by atoms with Gasteiger partial charge in [0.15, 0.2) is 6.61 Å². The Labute approximate surface area is 185 Å². The number of sulfonamides is 1. The predicted molar refractivity (Wildman–Crippen MR) is 119 cm³/mol. The normalized spacial score (nSPS) is 11.0. The van der Waals surface area contributed by atoms with Crippen LogP contribution in [-0.4, -0.2) is 28.0 Å². The summed E-state index contributed by atoms with van der Waals surface area (Å²) in [6.45, 7) is -0.250. The van der Waals surface area contributed by atoms with Crippen LogP contribution in [0.2, 0.25) is 10.0 Å². The van der Waals surface area contributed by atoms with Crippen molar-refractivity contribution in [2.75, 3.05) is 23.3 Å². The molecule has 9 heteroatoms. The quantitative estimate of drug-likeness (QED) is 0.542. The van der Waals surface area contributed by atoms with E-state index in [0.29, 0.717) is 22.1 Å². The van der Waals surface area contributed by atoms with Crippen molar-refractivity contribution in [2.24, 2.45) is 0 Å². The number of hydrogen-bond donors (Lipinski definition) is 1. The Kier molecular flexibility index (Phi) is 6.87. The maximum atomic E-state index is 12.7. The molecular formula is C21H18Cl2N2O4S. The van der Waals surface area contributed by atoms with Crippen molar-refractivity contribution in [2.45, 2.75) is 4.90 Å². The summed E-state index contributed by atoms with van der Waals surface area (Å²) in [6.07, 6.45) is 0. The lowest BCUT2D eigenvalue weighted by atomic mass is 10.3. The lowest BCUT2D eigenvalue weighted by Crippen LogP contribution is -2.26. The minimum atomic E-state index is -3.67. The van der Waals surface area contributed by atoms with Crippen LogP contribution in [0, 0.1) is 0 Å². The fourth-order valence-corrected chi connectivity index (χ4v) is 4.14. The summed E-state index contributed by atoms with van der Waals surface area (Å²) in [6, 6.07) is 19.4. The van der Waals surface area contributed by atoms with Gasteiger partial charge in [0.2, 0.25) is 0 Å². The van der Waals surface area contributed by atoms with Crippen molar-refractivity contribution in [3.63, 3.8) is 0 Å². The Morgan fingerprint density at radius 3 is 2.30 bits per heavy atom. The molecule has 30 heavy (non-hydrogen) atoms. The van der Waals surface area contributed by atoms with Crippen molar-refractivity contribution in [3.8, 4) is 5.75 Å². The molecular weight excluding hydrogens is 447 g/mol. The maximum absolute atomic E-state index is 12.7. The molecule has 0 bridgehead atoms. The van der Waals surface area contributed by atoms with Gasteiger partial charge < -0.3 is 10.1 Å². The number of benzene rings is 3. The van der Waals surface area contributed by atoms with Crippen molar-refractivity contribution in [1.29, 1.82) is 0 Å². The van der Waals surface area contributed by atoms with Gasteiger partial charge in [-0.25, -0.2) is 8.42 Å². The van der Waals surface area contributed by atoms with E-state index in [2.05, 4.69) is 5.32 Å². The van der Waals surface area contributed by atoms with Crippen LogP contribution in [0.15, 0.2) is 77.7 Å². The van der Waals surface area contributed by atoms with Crippen molar-refractivity contribution in [1.82, 2.24) is 0 Å². The van der Waals surface area contributed by atoms with Crippen LogP contribution in [0.4, 0.5) is 11.4 Å². The third kappa shape index (κ3) is 5.05. The molecule has 3 aromatic rings. The van der Waals surface area contributed by atoms with Gasteiger partial charge in [-0.05, 0) is 48.5 Å². The number of carbonyl (C=O) groups excluding carboxylic acids is 1. The number of nitrogens with one attached hydrogen (secondary N) is 1. The Balaban J connectivity index is 1.62. The molecule has 0 aliphatic carbocycles. The topological polar surface area (TPSA) is 75.7 Å². The SMILES string of the molecule is CN(c1ccc(OCC(=O)Nc2cccc(Cl)c2Cl)cc1)S(=O)(=O)c1ccccc1. The Morgan fingerprint density at radius 2 is 1.63 bits per heavy atom. The summed E-state index contributed by atoms with van der Waals surface area (Å²) in [4.78, 5) is 12.3. The minimum absolute atomic E-state index is 0.198. The number of anilines is 2. The third-order valence-electron chi connectivity index (χ3n) is 4.20. The first kappa shape index (κ1) is 22.0. The highest BCUT2D eigenvalue weighted by Gasteiger charge is 2.20. The van der Waals surface area contributed by atoms with Crippen molar-refractivity contribution >= 4 is 50.5 Å². The van der Waals surface area contributed by atoms with E-state index in [9.17, 15) is 13.2 Å². The molecule has 0 unspecified atom stereocenters. The van der Waals surface area contributed by atoms with Gasteiger partial charge in [-0.2, -0.15) is 0 Å². The Hall–Kier alpha value is -2.74. The van der Waals surface area contributed by atoms with Crippen LogP contribution in [0.1, 0.15) is 0 Å². The maximum Gasteiger partial charge on any atom is 0.264 e. The zero-order chi connectivity index (χ0) is 21.7. The zero-order valence-electron chi connectivity index (χ0n) is 15.9. The van der Waals surface area contributed by atoms with Crippen molar-refractivity contribution < 1.29 is 17.9 Å². The van der Waals surface area contributed by atoms with Gasteiger partial charge in [-0.15, -0.1) is 0 Å². The van der Waals surface area contributed by atoms with Gasteiger partial charge in [0.05, 0.1) is 26.3 Å². The van der Waals surface area contributed by atoms with Crippen LogP contribution in [-0.2, 0) is 14.8 Å². The molecule has 0 aromatic heterocycles. The lowest BCUT2D eigenvalue weighted by Gasteiger charge is -2.19. The van der Waals surface area contributed by atoms with Gasteiger partial charge in [-0.1, -0.05) is 47.5 Å². The average Bonchev–Trinajstić information content (AvgIpc) is 2.76. The molecule has 1 N–H and O–H groups in total. The van der Waals surface area contributed by atoms with Gasteiger partial charge in [0.25, 0.3) is 15.9 Å². The molecule has 0 aliphatic rings. The van der Waals surface area contributed by atoms with Crippen LogP contribution in [0.3, 0.4) is 0 Å². The number of nitrogens with zero attached hydrogens (tertiary/aromatic N) is 1. The molecule has 0 fully saturated rings. The Morgan fingerprint density at radius 1 is 0.967 bits per heavy atom. The number of hydrogen-bond acceptors (Lipinski definition) is 4. The molecule has 3 rings (SSSR count). The van der Waals surface area contributed by atoms with Gasteiger partial charge in [0, 0.05) is 7.05 Å². The van der Waals surface area contributed by atoms with Gasteiger partial charge in [0.1, 0.15) is 5.75 Å². The molecule has 0 atom stereocenters. The minimum Gasteiger partial charge on any atom is -0.484 e. The standard InChI is InChI=1S/C21H18Cl2N2O4S/c1-25(30(27,28)17-6-3-2-4-7-17)15-10-12-16(13-11-15)29-14-20(26)24-19-9-5-8-18(22)21(19)23/h2-13H,14H2,1H3,(H,24,26). The molecule has 156 valence electrons. The van der Waals surface area contributed by atoms with Gasteiger partial charge >= 0.3 is 0 Å². The highest BCUT2D eigenvalue weighted by molar-refractivity contribution is 7.92. The molecule has 0 saturated carbocycles. The van der Waals surface area contributed by atoms with Crippen molar-refractivity contribution in [3.05, 3.63) is 82.8 Å². The van der Waals surface area contributed by atoms with E-state index in [-0.39, 0.29) is 16.5 Å². The second-order valence-electron chi connectivity index (χ2n) is 6.22. The number of ether oxygens (including phenoxy) is 1. The predicted octanol–water partition coefficient (Wildman–Crippen LogP) is 4.84. The van der Waals surface area contributed by atoms with Crippen LogP contribution in [0.5, 0.6) is 5.75 Å². The van der Waals surface area contributed by atoms with E-state index in [1.54, 1.807) is 60.7 Å². The van der Waals surface area contributed by atoms with E-state index in [0.717, 1.165) is 0 Å². The summed E-state index contributed by atoms with van der Waals surface area (Å²) in [7, 11) is -2.20. The van der Waals surface area contributed by atoms with E-state index in [1.807, 2.05) is 0 Å². The molecule has 0 heterocycles. The van der Waals surface area contributed by atoms with E-state index >= 15 is 0 Å². The molecule has 3 aromatic carbocycles. The molecule has 0 saturated heterocycles. The molecule has 0 spiro atoms. The molecule has 1 amide bonds. The van der Waals surface area contributed by atoms with Crippen LogP contribution >= 0.6 is 23.2 Å². The summed E-state index contributed by atoms with van der Waals surface area (Å²) in [5.41, 5.74) is 0.849. The number of rotatable bonds is 7. The molecule has 0 radical (unpaired) electrons. The van der Waals surface area contributed by atoms with E-state index in [1.165, 1.54) is 23.5 Å². The lowest BCUT2D eigenvalue weighted by molar-refractivity contribution is -0.118. The van der Waals surface area contributed by atoms with E-state index in [4.69, 9.17) is 27.9 Å². The number of halogens is 2. The second-order valence-corrected chi connectivity index (χ2v) is 8.97. The number of amides is 1. The smallest absolute Gasteiger partial charge is 0.264 e. The monoisotopic (exact) mass is 464 g/mol.